The van der Waals surface area contributed by atoms with Gasteiger partial charge in [-0.2, -0.15) is 0 Å². The number of aromatic amines is 1. The van der Waals surface area contributed by atoms with Crippen molar-refractivity contribution >= 4 is 5.91 Å². The highest BCUT2D eigenvalue weighted by molar-refractivity contribution is 5.82. The van der Waals surface area contributed by atoms with Crippen LogP contribution >= 0.6 is 0 Å². The summed E-state index contributed by atoms with van der Waals surface area (Å²) >= 11 is 0. The largest absolute Gasteiger partial charge is 0.332 e. The summed E-state index contributed by atoms with van der Waals surface area (Å²) in [6.45, 7) is 10.6. The van der Waals surface area contributed by atoms with Crippen molar-refractivity contribution in [3.63, 3.8) is 0 Å². The van der Waals surface area contributed by atoms with Crippen LogP contribution in [0.1, 0.15) is 89.3 Å². The average Bonchev–Trinajstić information content (AvgIpc) is 3.16. The number of likely N-dealkylation sites (tertiary alicyclic amines) is 1. The van der Waals surface area contributed by atoms with Crippen molar-refractivity contribution in [1.29, 1.82) is 0 Å². The second-order valence-corrected chi connectivity index (χ2v) is 10.4. The Labute approximate surface area is 174 Å². The molecule has 3 heterocycles. The molecule has 0 unspecified atom stereocenters. The Morgan fingerprint density at radius 1 is 1.10 bits per heavy atom. The van der Waals surface area contributed by atoms with Crippen molar-refractivity contribution in [2.24, 2.45) is 11.3 Å². The van der Waals surface area contributed by atoms with Crippen molar-refractivity contribution in [3.8, 4) is 0 Å². The zero-order chi connectivity index (χ0) is 20.8. The van der Waals surface area contributed by atoms with Gasteiger partial charge in [0.25, 0.3) is 5.56 Å². The molecule has 29 heavy (non-hydrogen) atoms. The van der Waals surface area contributed by atoms with Gasteiger partial charge in [-0.25, -0.2) is 4.98 Å². The molecule has 160 valence electrons. The fourth-order valence-electron chi connectivity index (χ4n) is 5.27. The van der Waals surface area contributed by atoms with E-state index < -0.39 is 5.41 Å². The van der Waals surface area contributed by atoms with Crippen molar-refractivity contribution in [2.45, 2.75) is 91.3 Å². The average molecular weight is 401 g/mol. The van der Waals surface area contributed by atoms with E-state index in [0.29, 0.717) is 18.4 Å². The second-order valence-electron chi connectivity index (χ2n) is 10.4. The lowest BCUT2D eigenvalue weighted by atomic mass is 9.86. The van der Waals surface area contributed by atoms with E-state index in [-0.39, 0.29) is 17.5 Å². The molecule has 6 nitrogen and oxygen atoms in total. The summed E-state index contributed by atoms with van der Waals surface area (Å²) in [6.07, 6.45) is 7.73. The van der Waals surface area contributed by atoms with E-state index in [4.69, 9.17) is 4.98 Å². The smallest absolute Gasteiger partial charge is 0.255 e. The zero-order valence-corrected chi connectivity index (χ0v) is 18.5. The van der Waals surface area contributed by atoms with Gasteiger partial charge in [-0.05, 0) is 44.4 Å². The van der Waals surface area contributed by atoms with Gasteiger partial charge in [0.2, 0.25) is 5.91 Å². The molecule has 2 fully saturated rings. The van der Waals surface area contributed by atoms with E-state index in [2.05, 4.69) is 16.8 Å². The summed E-state index contributed by atoms with van der Waals surface area (Å²) in [6, 6.07) is 0.505. The van der Waals surface area contributed by atoms with E-state index in [0.717, 1.165) is 49.5 Å². The fraction of sp³-hybridized carbons (Fsp3) is 0.783. The lowest BCUT2D eigenvalue weighted by molar-refractivity contribution is -0.140. The minimum Gasteiger partial charge on any atom is -0.332 e. The molecule has 6 heteroatoms. The molecule has 0 spiro atoms. The Kier molecular flexibility index (Phi) is 5.58. The van der Waals surface area contributed by atoms with Gasteiger partial charge in [-0.1, -0.05) is 27.7 Å². The monoisotopic (exact) mass is 400 g/mol. The number of aromatic nitrogens is 2. The van der Waals surface area contributed by atoms with E-state index >= 15 is 0 Å². The van der Waals surface area contributed by atoms with E-state index in [9.17, 15) is 9.59 Å². The van der Waals surface area contributed by atoms with Gasteiger partial charge in [0, 0.05) is 37.5 Å². The van der Waals surface area contributed by atoms with Gasteiger partial charge in [0.05, 0.1) is 17.3 Å². The van der Waals surface area contributed by atoms with E-state index in [1.54, 1.807) is 0 Å². The molecule has 1 amide bonds. The molecule has 0 bridgehead atoms. The Morgan fingerprint density at radius 3 is 2.52 bits per heavy atom. The lowest BCUT2D eigenvalue weighted by Gasteiger charge is -2.38. The zero-order valence-electron chi connectivity index (χ0n) is 18.5. The first kappa shape index (κ1) is 20.6. The van der Waals surface area contributed by atoms with Crippen LogP contribution in [0.3, 0.4) is 0 Å². The van der Waals surface area contributed by atoms with Crippen LogP contribution in [0, 0.1) is 11.3 Å². The van der Waals surface area contributed by atoms with Crippen molar-refractivity contribution in [3.05, 3.63) is 27.4 Å². The number of fused-ring (bicyclic) bond motifs is 1. The molecule has 3 aliphatic rings. The van der Waals surface area contributed by atoms with Gasteiger partial charge >= 0.3 is 0 Å². The van der Waals surface area contributed by atoms with Crippen LogP contribution in [-0.2, 0) is 17.8 Å². The SMILES string of the molecule is CC1CCC(N2CCc3nc([C@H]4CCCN4C(=O)C(C)(C)C)[nH]c(=O)c3C2)CC1. The van der Waals surface area contributed by atoms with Gasteiger partial charge in [0.1, 0.15) is 5.82 Å². The van der Waals surface area contributed by atoms with Gasteiger partial charge < -0.3 is 9.88 Å². The molecule has 1 saturated heterocycles. The second kappa shape index (κ2) is 7.86. The normalized spacial score (nSPS) is 28.4. The number of amides is 1. The molecule has 2 aliphatic heterocycles. The minimum absolute atomic E-state index is 0.00562. The number of nitrogens with zero attached hydrogens (tertiary/aromatic N) is 3. The number of carbonyl (C=O) groups excluding carboxylic acids is 1. The van der Waals surface area contributed by atoms with Gasteiger partial charge in [-0.15, -0.1) is 0 Å². The maximum atomic E-state index is 13.0. The van der Waals surface area contributed by atoms with Crippen molar-refractivity contribution < 1.29 is 4.79 Å². The topological polar surface area (TPSA) is 69.3 Å². The first-order valence-corrected chi connectivity index (χ1v) is 11.4. The molecule has 1 N–H and O–H groups in total. The maximum absolute atomic E-state index is 13.0. The predicted molar refractivity (Wildman–Crippen MR) is 114 cm³/mol. The molecule has 4 rings (SSSR count). The minimum atomic E-state index is -0.422. The highest BCUT2D eigenvalue weighted by Gasteiger charge is 2.38. The molecular weight excluding hydrogens is 364 g/mol. The van der Waals surface area contributed by atoms with Crippen LogP contribution in [0.25, 0.3) is 0 Å². The molecule has 0 radical (unpaired) electrons. The third kappa shape index (κ3) is 4.14. The number of nitrogens with one attached hydrogen (secondary N) is 1. The third-order valence-corrected chi connectivity index (χ3v) is 7.09. The van der Waals surface area contributed by atoms with Crippen LogP contribution in [0.5, 0.6) is 0 Å². The third-order valence-electron chi connectivity index (χ3n) is 7.09. The number of carbonyl (C=O) groups is 1. The molecule has 1 aliphatic carbocycles. The first-order chi connectivity index (χ1) is 13.7. The van der Waals surface area contributed by atoms with Crippen LogP contribution < -0.4 is 5.56 Å². The van der Waals surface area contributed by atoms with E-state index in [1.165, 1.54) is 25.7 Å². The highest BCUT2D eigenvalue weighted by atomic mass is 16.2. The molecular formula is C23H36N4O2. The standard InChI is InChI=1S/C23H36N4O2/c1-15-7-9-16(10-8-15)26-13-11-18-17(14-26)21(28)25-20(24-18)19-6-5-12-27(19)22(29)23(2,3)4/h15-16,19H,5-14H2,1-4H3,(H,24,25,28)/t15?,16?,19-/m1/s1. The number of H-pyrrole nitrogens is 1. The summed E-state index contributed by atoms with van der Waals surface area (Å²) in [5.41, 5.74) is 1.35. The van der Waals surface area contributed by atoms with E-state index in [1.807, 2.05) is 25.7 Å². The molecule has 1 atom stereocenters. The Balaban J connectivity index is 1.54. The highest BCUT2D eigenvalue weighted by Crippen LogP contribution is 2.34. The summed E-state index contributed by atoms with van der Waals surface area (Å²) in [5.74, 6) is 1.66. The number of hydrogen-bond donors (Lipinski definition) is 1. The molecule has 1 saturated carbocycles. The molecule has 1 aromatic rings. The summed E-state index contributed by atoms with van der Waals surface area (Å²) < 4.78 is 0. The first-order valence-electron chi connectivity index (χ1n) is 11.4. The van der Waals surface area contributed by atoms with Crippen LogP contribution in [-0.4, -0.2) is 44.8 Å². The van der Waals surface area contributed by atoms with Crippen LogP contribution in [0.2, 0.25) is 0 Å². The molecule has 0 aromatic carbocycles. The maximum Gasteiger partial charge on any atom is 0.255 e. The van der Waals surface area contributed by atoms with Crippen LogP contribution in [0.4, 0.5) is 0 Å². The fourth-order valence-corrected chi connectivity index (χ4v) is 5.27. The van der Waals surface area contributed by atoms with Crippen molar-refractivity contribution in [1.82, 2.24) is 19.8 Å². The Hall–Kier alpha value is -1.69. The van der Waals surface area contributed by atoms with Crippen LogP contribution in [0.15, 0.2) is 4.79 Å². The van der Waals surface area contributed by atoms with Gasteiger partial charge in [0.15, 0.2) is 0 Å². The summed E-state index contributed by atoms with van der Waals surface area (Å²) in [7, 11) is 0. The Morgan fingerprint density at radius 2 is 1.83 bits per heavy atom. The Bertz CT molecular complexity index is 817. The number of hydrogen-bond acceptors (Lipinski definition) is 4. The number of rotatable bonds is 2. The quantitative estimate of drug-likeness (QED) is 0.826. The van der Waals surface area contributed by atoms with Crippen molar-refractivity contribution in [2.75, 3.05) is 13.1 Å². The summed E-state index contributed by atoms with van der Waals surface area (Å²) in [4.78, 5) is 38.2. The van der Waals surface area contributed by atoms with Gasteiger partial charge in [-0.3, -0.25) is 14.5 Å². The predicted octanol–water partition coefficient (Wildman–Crippen LogP) is 3.42. The molecule has 1 aromatic heterocycles. The summed E-state index contributed by atoms with van der Waals surface area (Å²) in [5, 5.41) is 0. The lowest BCUT2D eigenvalue weighted by Crippen LogP contribution is -2.44.